The van der Waals surface area contributed by atoms with E-state index in [1.807, 2.05) is 30.3 Å². The Morgan fingerprint density at radius 1 is 1.19 bits per heavy atom. The number of benzene rings is 2. The van der Waals surface area contributed by atoms with Crippen molar-refractivity contribution in [1.82, 2.24) is 9.88 Å². The Kier molecular flexibility index (Phi) is 7.03. The van der Waals surface area contributed by atoms with E-state index >= 15 is 0 Å². The quantitative estimate of drug-likeness (QED) is 0.488. The molecule has 160 valence electrons. The standard InChI is InChI=1S/C24H26BrN5O/c1-17(7-8-30-9-11-31-12-10-30)28-21-5-6-23-22(14-21)24(18(15-26)16-27-23)29-20-4-2-3-19(25)13-20/h2-6,13-14,16-17,28H,7-12H2,1H3,(H,27,29). The Labute approximate surface area is 191 Å². The molecule has 0 saturated carbocycles. The van der Waals surface area contributed by atoms with E-state index in [-0.39, 0.29) is 0 Å². The molecule has 1 saturated heterocycles. The molecular weight excluding hydrogens is 454 g/mol. The lowest BCUT2D eigenvalue weighted by Crippen LogP contribution is -2.38. The molecule has 4 rings (SSSR count). The van der Waals surface area contributed by atoms with Crippen LogP contribution >= 0.6 is 15.9 Å². The van der Waals surface area contributed by atoms with Crippen LogP contribution in [0.5, 0.6) is 0 Å². The zero-order chi connectivity index (χ0) is 21.6. The zero-order valence-electron chi connectivity index (χ0n) is 17.6. The van der Waals surface area contributed by atoms with Crippen LogP contribution in [-0.4, -0.2) is 48.8 Å². The van der Waals surface area contributed by atoms with Crippen LogP contribution in [0.2, 0.25) is 0 Å². The molecule has 0 amide bonds. The number of nitrogens with one attached hydrogen (secondary N) is 2. The highest BCUT2D eigenvalue weighted by Gasteiger charge is 2.13. The predicted octanol–water partition coefficient (Wildman–Crippen LogP) is 5.14. The highest BCUT2D eigenvalue weighted by molar-refractivity contribution is 9.10. The molecule has 2 aromatic carbocycles. The van der Waals surface area contributed by atoms with Crippen LogP contribution < -0.4 is 10.6 Å². The number of pyridine rings is 1. The van der Waals surface area contributed by atoms with Gasteiger partial charge in [0.1, 0.15) is 6.07 Å². The summed E-state index contributed by atoms with van der Waals surface area (Å²) in [5.41, 5.74) is 4.08. The summed E-state index contributed by atoms with van der Waals surface area (Å²) in [5.74, 6) is 0. The Hall–Kier alpha value is -2.66. The zero-order valence-corrected chi connectivity index (χ0v) is 19.2. The molecule has 1 atom stereocenters. The third-order valence-electron chi connectivity index (χ3n) is 5.48. The lowest BCUT2D eigenvalue weighted by atomic mass is 10.1. The highest BCUT2D eigenvalue weighted by atomic mass is 79.9. The van der Waals surface area contributed by atoms with Gasteiger partial charge in [0.05, 0.1) is 30.0 Å². The summed E-state index contributed by atoms with van der Waals surface area (Å²) in [6.07, 6.45) is 2.68. The molecular formula is C24H26BrN5O. The summed E-state index contributed by atoms with van der Waals surface area (Å²) < 4.78 is 6.41. The molecule has 0 spiro atoms. The van der Waals surface area contributed by atoms with Gasteiger partial charge in [0.2, 0.25) is 0 Å². The Morgan fingerprint density at radius 3 is 2.81 bits per heavy atom. The number of nitrogens with zero attached hydrogens (tertiary/aromatic N) is 3. The Balaban J connectivity index is 1.54. The fourth-order valence-corrected chi connectivity index (χ4v) is 4.17. The molecule has 0 aliphatic carbocycles. The second-order valence-electron chi connectivity index (χ2n) is 7.81. The third-order valence-corrected chi connectivity index (χ3v) is 5.97. The number of ether oxygens (including phenoxy) is 1. The Bertz CT molecular complexity index is 1090. The van der Waals surface area contributed by atoms with Gasteiger partial charge in [0, 0.05) is 53.1 Å². The van der Waals surface area contributed by atoms with Crippen molar-refractivity contribution in [3.8, 4) is 6.07 Å². The van der Waals surface area contributed by atoms with Gasteiger partial charge in [-0.05, 0) is 49.7 Å². The van der Waals surface area contributed by atoms with E-state index in [2.05, 4.69) is 61.6 Å². The summed E-state index contributed by atoms with van der Waals surface area (Å²) in [4.78, 5) is 6.92. The van der Waals surface area contributed by atoms with E-state index in [0.29, 0.717) is 11.6 Å². The van der Waals surface area contributed by atoms with E-state index in [9.17, 15) is 5.26 Å². The summed E-state index contributed by atoms with van der Waals surface area (Å²) in [7, 11) is 0. The first-order chi connectivity index (χ1) is 15.1. The monoisotopic (exact) mass is 479 g/mol. The molecule has 0 bridgehead atoms. The minimum absolute atomic E-state index is 0.328. The van der Waals surface area contributed by atoms with Gasteiger partial charge in [-0.15, -0.1) is 0 Å². The van der Waals surface area contributed by atoms with Crippen molar-refractivity contribution in [2.75, 3.05) is 43.5 Å². The summed E-state index contributed by atoms with van der Waals surface area (Å²) in [6.45, 7) is 6.94. The third kappa shape index (κ3) is 5.53. The van der Waals surface area contributed by atoms with Crippen LogP contribution in [0, 0.1) is 11.3 Å². The molecule has 3 aromatic rings. The fourth-order valence-electron chi connectivity index (χ4n) is 3.77. The smallest absolute Gasteiger partial charge is 0.103 e. The van der Waals surface area contributed by atoms with Crippen molar-refractivity contribution in [3.63, 3.8) is 0 Å². The van der Waals surface area contributed by atoms with Gasteiger partial charge in [-0.25, -0.2) is 0 Å². The molecule has 0 radical (unpaired) electrons. The average molecular weight is 480 g/mol. The van der Waals surface area contributed by atoms with Gasteiger partial charge in [0.25, 0.3) is 0 Å². The molecule has 1 aliphatic heterocycles. The molecule has 1 unspecified atom stereocenters. The minimum Gasteiger partial charge on any atom is -0.383 e. The number of hydrogen-bond acceptors (Lipinski definition) is 6. The van der Waals surface area contributed by atoms with Gasteiger partial charge < -0.3 is 15.4 Å². The number of fused-ring (bicyclic) bond motifs is 1. The van der Waals surface area contributed by atoms with Crippen LogP contribution in [0.3, 0.4) is 0 Å². The number of morpholine rings is 1. The summed E-state index contributed by atoms with van der Waals surface area (Å²) >= 11 is 3.51. The number of aromatic nitrogens is 1. The van der Waals surface area contributed by atoms with Gasteiger partial charge >= 0.3 is 0 Å². The maximum absolute atomic E-state index is 9.65. The minimum atomic E-state index is 0.328. The largest absolute Gasteiger partial charge is 0.383 e. The maximum atomic E-state index is 9.65. The van der Waals surface area contributed by atoms with Gasteiger partial charge in [-0.1, -0.05) is 22.0 Å². The maximum Gasteiger partial charge on any atom is 0.103 e. The van der Waals surface area contributed by atoms with Crippen LogP contribution in [0.1, 0.15) is 18.9 Å². The lowest BCUT2D eigenvalue weighted by Gasteiger charge is -2.28. The molecule has 1 aliphatic rings. The number of halogens is 1. The number of nitriles is 1. The predicted molar refractivity (Wildman–Crippen MR) is 129 cm³/mol. The van der Waals surface area contributed by atoms with Crippen LogP contribution in [0.25, 0.3) is 10.9 Å². The van der Waals surface area contributed by atoms with Gasteiger partial charge in [0.15, 0.2) is 0 Å². The van der Waals surface area contributed by atoms with Gasteiger partial charge in [-0.3, -0.25) is 9.88 Å². The number of anilines is 3. The first-order valence-electron chi connectivity index (χ1n) is 10.5. The first-order valence-corrected chi connectivity index (χ1v) is 11.3. The SMILES string of the molecule is CC(CCN1CCOCC1)Nc1ccc2ncc(C#N)c(Nc3cccc(Br)c3)c2c1. The van der Waals surface area contributed by atoms with Crippen molar-refractivity contribution < 1.29 is 4.74 Å². The van der Waals surface area contributed by atoms with Crippen LogP contribution in [0.4, 0.5) is 17.1 Å². The van der Waals surface area contributed by atoms with E-state index in [1.54, 1.807) is 6.20 Å². The van der Waals surface area contributed by atoms with Crippen LogP contribution in [-0.2, 0) is 4.74 Å². The molecule has 6 nitrogen and oxygen atoms in total. The van der Waals surface area contributed by atoms with Crippen LogP contribution in [0.15, 0.2) is 53.1 Å². The fraction of sp³-hybridized carbons (Fsp3) is 0.333. The van der Waals surface area contributed by atoms with E-state index < -0.39 is 0 Å². The molecule has 7 heteroatoms. The summed E-state index contributed by atoms with van der Waals surface area (Å²) in [5, 5.41) is 17.6. The lowest BCUT2D eigenvalue weighted by molar-refractivity contribution is 0.0370. The van der Waals surface area contributed by atoms with Crippen molar-refractivity contribution in [3.05, 3.63) is 58.7 Å². The molecule has 2 N–H and O–H groups in total. The normalized spacial score (nSPS) is 15.4. The molecule has 31 heavy (non-hydrogen) atoms. The highest BCUT2D eigenvalue weighted by Crippen LogP contribution is 2.31. The second kappa shape index (κ2) is 10.1. The van der Waals surface area contributed by atoms with Crippen molar-refractivity contribution >= 4 is 43.9 Å². The molecule has 1 aromatic heterocycles. The van der Waals surface area contributed by atoms with Crippen molar-refractivity contribution in [2.45, 2.75) is 19.4 Å². The number of rotatable bonds is 7. The average Bonchev–Trinajstić information content (AvgIpc) is 2.79. The van der Waals surface area contributed by atoms with Crippen molar-refractivity contribution in [2.24, 2.45) is 0 Å². The second-order valence-corrected chi connectivity index (χ2v) is 8.73. The molecule has 1 fully saturated rings. The molecule has 2 heterocycles. The first kappa shape index (κ1) is 21.6. The van der Waals surface area contributed by atoms with Gasteiger partial charge in [-0.2, -0.15) is 5.26 Å². The topological polar surface area (TPSA) is 73.2 Å². The van der Waals surface area contributed by atoms with E-state index in [0.717, 1.165) is 71.7 Å². The van der Waals surface area contributed by atoms with E-state index in [1.165, 1.54) is 0 Å². The Morgan fingerprint density at radius 2 is 2.03 bits per heavy atom. The summed E-state index contributed by atoms with van der Waals surface area (Å²) in [6, 6.07) is 16.6. The van der Waals surface area contributed by atoms with E-state index in [4.69, 9.17) is 4.74 Å². The number of hydrogen-bond donors (Lipinski definition) is 2. The van der Waals surface area contributed by atoms with Crippen molar-refractivity contribution in [1.29, 1.82) is 5.26 Å².